The van der Waals surface area contributed by atoms with Gasteiger partial charge in [0.25, 0.3) is 17.7 Å². The molecule has 0 saturated carbocycles. The Labute approximate surface area is 160 Å². The Hall–Kier alpha value is -3.52. The van der Waals surface area contributed by atoms with Gasteiger partial charge in [-0.2, -0.15) is 0 Å². The quantitative estimate of drug-likeness (QED) is 0.816. The van der Waals surface area contributed by atoms with Crippen LogP contribution in [0.5, 0.6) is 0 Å². The Bertz CT molecular complexity index is 945. The summed E-state index contributed by atoms with van der Waals surface area (Å²) in [6.07, 6.45) is 0.965. The van der Waals surface area contributed by atoms with E-state index in [1.807, 2.05) is 0 Å². The number of hydroxylamine groups is 2. The molecule has 1 unspecified atom stereocenters. The Morgan fingerprint density at radius 1 is 1.04 bits per heavy atom. The van der Waals surface area contributed by atoms with Gasteiger partial charge in [0, 0.05) is 12.3 Å². The standard InChI is InChI=1S/C20H16N2O6/c23-17(16-9-4-10-27-16)21-13-6-3-5-12(11-13)20(26)28-22-18(24)14-7-1-2-8-15(14)19(22)25/h1-3,5-8,11,16H,4,9-10H2,(H,21,23). The summed E-state index contributed by atoms with van der Waals surface area (Å²) in [6, 6.07) is 12.3. The van der Waals surface area contributed by atoms with Crippen LogP contribution in [0.25, 0.3) is 0 Å². The number of anilines is 1. The van der Waals surface area contributed by atoms with Gasteiger partial charge in [0.2, 0.25) is 0 Å². The molecule has 3 amide bonds. The number of hydrogen-bond donors (Lipinski definition) is 1. The Balaban J connectivity index is 1.46. The van der Waals surface area contributed by atoms with Crippen LogP contribution in [-0.2, 0) is 14.4 Å². The van der Waals surface area contributed by atoms with Crippen LogP contribution < -0.4 is 5.32 Å². The summed E-state index contributed by atoms with van der Waals surface area (Å²) in [6.45, 7) is 0.546. The summed E-state index contributed by atoms with van der Waals surface area (Å²) in [7, 11) is 0. The van der Waals surface area contributed by atoms with Crippen molar-refractivity contribution >= 4 is 29.4 Å². The van der Waals surface area contributed by atoms with E-state index in [2.05, 4.69) is 5.32 Å². The van der Waals surface area contributed by atoms with Crippen molar-refractivity contribution in [2.75, 3.05) is 11.9 Å². The van der Waals surface area contributed by atoms with Crippen molar-refractivity contribution in [3.05, 3.63) is 65.2 Å². The summed E-state index contributed by atoms with van der Waals surface area (Å²) >= 11 is 0. The molecule has 0 bridgehead atoms. The lowest BCUT2D eigenvalue weighted by molar-refractivity contribution is -0.124. The third-order valence-corrected chi connectivity index (χ3v) is 4.52. The highest BCUT2D eigenvalue weighted by Gasteiger charge is 2.38. The normalized spacial score (nSPS) is 18.1. The highest BCUT2D eigenvalue weighted by molar-refractivity contribution is 6.21. The first-order chi connectivity index (χ1) is 13.5. The molecule has 8 heteroatoms. The van der Waals surface area contributed by atoms with E-state index in [9.17, 15) is 19.2 Å². The fourth-order valence-electron chi connectivity index (χ4n) is 3.12. The molecule has 28 heavy (non-hydrogen) atoms. The predicted octanol–water partition coefficient (Wildman–Crippen LogP) is 2.17. The van der Waals surface area contributed by atoms with Crippen LogP contribution in [0.2, 0.25) is 0 Å². The van der Waals surface area contributed by atoms with Crippen molar-refractivity contribution in [3.63, 3.8) is 0 Å². The smallest absolute Gasteiger partial charge is 0.364 e. The third kappa shape index (κ3) is 3.25. The maximum atomic E-state index is 12.4. The molecule has 2 aliphatic heterocycles. The van der Waals surface area contributed by atoms with Gasteiger partial charge in [-0.15, -0.1) is 0 Å². The van der Waals surface area contributed by atoms with Crippen LogP contribution >= 0.6 is 0 Å². The molecule has 0 aliphatic carbocycles. The predicted molar refractivity (Wildman–Crippen MR) is 96.4 cm³/mol. The number of hydrogen-bond acceptors (Lipinski definition) is 6. The second kappa shape index (κ2) is 7.24. The van der Waals surface area contributed by atoms with Crippen molar-refractivity contribution in [1.82, 2.24) is 5.06 Å². The molecular weight excluding hydrogens is 364 g/mol. The third-order valence-electron chi connectivity index (χ3n) is 4.52. The molecule has 142 valence electrons. The SMILES string of the molecule is O=C(ON1C(=O)c2ccccc2C1=O)c1cccc(NC(=O)C2CCCO2)c1. The number of carbonyl (C=O) groups is 4. The van der Waals surface area contributed by atoms with E-state index in [0.717, 1.165) is 6.42 Å². The van der Waals surface area contributed by atoms with Gasteiger partial charge < -0.3 is 14.9 Å². The Morgan fingerprint density at radius 3 is 2.39 bits per heavy atom. The van der Waals surface area contributed by atoms with Crippen LogP contribution in [0.1, 0.15) is 43.9 Å². The van der Waals surface area contributed by atoms with E-state index in [1.54, 1.807) is 24.3 Å². The maximum Gasteiger partial charge on any atom is 0.364 e. The molecule has 2 aromatic carbocycles. The van der Waals surface area contributed by atoms with Crippen LogP contribution in [0.4, 0.5) is 5.69 Å². The van der Waals surface area contributed by atoms with Crippen molar-refractivity contribution < 1.29 is 28.8 Å². The summed E-state index contributed by atoms with van der Waals surface area (Å²) in [5, 5.41) is 3.13. The molecule has 4 rings (SSSR count). The lowest BCUT2D eigenvalue weighted by Gasteiger charge is -2.14. The lowest BCUT2D eigenvalue weighted by atomic mass is 10.1. The average Bonchev–Trinajstić information content (AvgIpc) is 3.33. The molecule has 2 heterocycles. The van der Waals surface area contributed by atoms with Crippen LogP contribution in [0, 0.1) is 0 Å². The van der Waals surface area contributed by atoms with Crippen molar-refractivity contribution in [1.29, 1.82) is 0 Å². The van der Waals surface area contributed by atoms with Crippen LogP contribution in [0.3, 0.4) is 0 Å². The van der Waals surface area contributed by atoms with Crippen LogP contribution in [0.15, 0.2) is 48.5 Å². The van der Waals surface area contributed by atoms with E-state index >= 15 is 0 Å². The molecule has 8 nitrogen and oxygen atoms in total. The minimum absolute atomic E-state index is 0.0849. The average molecular weight is 380 g/mol. The number of carbonyl (C=O) groups excluding carboxylic acids is 4. The molecular formula is C20H16N2O6. The number of imide groups is 1. The summed E-state index contributed by atoms with van der Waals surface area (Å²) in [5.41, 5.74) is 0.828. The molecule has 2 aliphatic rings. The molecule has 1 saturated heterocycles. The molecule has 0 aromatic heterocycles. The molecule has 0 spiro atoms. The number of rotatable bonds is 4. The summed E-state index contributed by atoms with van der Waals surface area (Å²) < 4.78 is 5.32. The minimum Gasteiger partial charge on any atom is -0.368 e. The van der Waals surface area contributed by atoms with Gasteiger partial charge in [0.15, 0.2) is 0 Å². The summed E-state index contributed by atoms with van der Waals surface area (Å²) in [4.78, 5) is 54.2. The van der Waals surface area contributed by atoms with Gasteiger partial charge >= 0.3 is 5.97 Å². The zero-order valence-corrected chi connectivity index (χ0v) is 14.7. The Kier molecular flexibility index (Phi) is 4.62. The van der Waals surface area contributed by atoms with Crippen molar-refractivity contribution in [2.24, 2.45) is 0 Å². The number of benzene rings is 2. The lowest BCUT2D eigenvalue weighted by Crippen LogP contribution is -2.32. The zero-order valence-electron chi connectivity index (χ0n) is 14.7. The van der Waals surface area contributed by atoms with Gasteiger partial charge in [-0.05, 0) is 43.2 Å². The van der Waals surface area contributed by atoms with E-state index in [-0.39, 0.29) is 22.6 Å². The highest BCUT2D eigenvalue weighted by Crippen LogP contribution is 2.24. The molecule has 1 atom stereocenters. The van der Waals surface area contributed by atoms with Crippen molar-refractivity contribution in [3.8, 4) is 0 Å². The van der Waals surface area contributed by atoms with E-state index in [1.165, 1.54) is 24.3 Å². The Morgan fingerprint density at radius 2 is 1.75 bits per heavy atom. The van der Waals surface area contributed by atoms with Gasteiger partial charge in [-0.25, -0.2) is 4.79 Å². The van der Waals surface area contributed by atoms with Crippen molar-refractivity contribution in [2.45, 2.75) is 18.9 Å². The molecule has 0 radical (unpaired) electrons. The summed E-state index contributed by atoms with van der Waals surface area (Å²) in [5.74, 6) is -2.57. The molecule has 2 aromatic rings. The zero-order chi connectivity index (χ0) is 19.7. The second-order valence-corrected chi connectivity index (χ2v) is 6.40. The van der Waals surface area contributed by atoms with E-state index in [4.69, 9.17) is 9.57 Å². The number of fused-ring (bicyclic) bond motifs is 1. The van der Waals surface area contributed by atoms with E-state index in [0.29, 0.717) is 23.8 Å². The maximum absolute atomic E-state index is 12.4. The minimum atomic E-state index is -0.886. The van der Waals surface area contributed by atoms with E-state index < -0.39 is 23.9 Å². The highest BCUT2D eigenvalue weighted by atomic mass is 16.7. The van der Waals surface area contributed by atoms with Gasteiger partial charge in [0.05, 0.1) is 16.7 Å². The molecule has 1 N–H and O–H groups in total. The fraction of sp³-hybridized carbons (Fsp3) is 0.200. The first-order valence-corrected chi connectivity index (χ1v) is 8.77. The largest absolute Gasteiger partial charge is 0.368 e. The topological polar surface area (TPSA) is 102 Å². The fourth-order valence-corrected chi connectivity index (χ4v) is 3.12. The first-order valence-electron chi connectivity index (χ1n) is 8.77. The van der Waals surface area contributed by atoms with Gasteiger partial charge in [-0.3, -0.25) is 14.4 Å². The number of nitrogens with one attached hydrogen (secondary N) is 1. The van der Waals surface area contributed by atoms with Gasteiger partial charge in [-0.1, -0.05) is 23.3 Å². The van der Waals surface area contributed by atoms with Crippen LogP contribution in [-0.4, -0.2) is 41.5 Å². The number of nitrogens with zero attached hydrogens (tertiary/aromatic N) is 1. The number of ether oxygens (including phenoxy) is 1. The monoisotopic (exact) mass is 380 g/mol. The van der Waals surface area contributed by atoms with Gasteiger partial charge in [0.1, 0.15) is 6.10 Å². The first kappa shape index (κ1) is 17.9. The number of amides is 3. The second-order valence-electron chi connectivity index (χ2n) is 6.40. The molecule has 1 fully saturated rings.